The van der Waals surface area contributed by atoms with Gasteiger partial charge < -0.3 is 77.8 Å². The number of rotatable bonds is 13. The molecule has 88 heavy (non-hydrogen) atoms. The molecule has 4 aliphatic carbocycles. The number of ether oxygens (including phenoxy) is 11. The van der Waals surface area contributed by atoms with Gasteiger partial charge in [-0.25, -0.2) is 9.59 Å². The highest BCUT2D eigenvalue weighted by Gasteiger charge is 2.65. The van der Waals surface area contributed by atoms with Crippen molar-refractivity contribution in [3.05, 3.63) is 80.7 Å². The molecule has 0 aromatic carbocycles. The van der Waals surface area contributed by atoms with Crippen molar-refractivity contribution < 1.29 is 101 Å². The molecule has 26 atom stereocenters. The van der Waals surface area contributed by atoms with E-state index in [4.69, 9.17) is 52.1 Å². The molecule has 5 saturated heterocycles. The van der Waals surface area contributed by atoms with E-state index in [-0.39, 0.29) is 49.7 Å². The molecule has 6 fully saturated rings. The van der Waals surface area contributed by atoms with Crippen molar-refractivity contribution in [3.8, 4) is 0 Å². The van der Waals surface area contributed by atoms with Gasteiger partial charge in [-0.3, -0.25) is 24.5 Å². The fourth-order valence-corrected chi connectivity index (χ4v) is 15.8. The van der Waals surface area contributed by atoms with Gasteiger partial charge in [0.25, 0.3) is 0 Å². The van der Waals surface area contributed by atoms with Gasteiger partial charge in [-0.15, -0.1) is 0 Å². The van der Waals surface area contributed by atoms with Gasteiger partial charge in [-0.05, 0) is 103 Å². The Bertz CT molecular complexity index is 2850. The monoisotopic (exact) mass is 1240 g/mol. The number of alkyl carbamates (subject to hydrolysis) is 1. The van der Waals surface area contributed by atoms with E-state index >= 15 is 4.79 Å². The van der Waals surface area contributed by atoms with Gasteiger partial charge in [0.05, 0.1) is 74.4 Å². The maximum atomic E-state index is 15.8. The zero-order valence-electron chi connectivity index (χ0n) is 52.6. The van der Waals surface area contributed by atoms with E-state index in [0.29, 0.717) is 30.4 Å². The molecule has 24 heteroatoms. The van der Waals surface area contributed by atoms with Crippen LogP contribution in [0.3, 0.4) is 0 Å². The van der Waals surface area contributed by atoms with Crippen LogP contribution in [-0.2, 0) is 71.3 Å². The van der Waals surface area contributed by atoms with Crippen LogP contribution >= 0.6 is 0 Å². The van der Waals surface area contributed by atoms with E-state index < -0.39 is 185 Å². The lowest BCUT2D eigenvalue weighted by atomic mass is 9.49. The molecule has 0 aromatic rings. The van der Waals surface area contributed by atoms with Crippen molar-refractivity contribution in [1.29, 1.82) is 0 Å². The number of nitrogens with zero attached hydrogens (tertiary/aromatic N) is 1. The molecule has 5 aliphatic heterocycles. The third-order valence-electron chi connectivity index (χ3n) is 20.2. The van der Waals surface area contributed by atoms with Crippen molar-refractivity contribution in [2.75, 3.05) is 7.11 Å². The van der Waals surface area contributed by atoms with E-state index in [2.05, 4.69) is 25.2 Å². The zero-order valence-corrected chi connectivity index (χ0v) is 52.6. The van der Waals surface area contributed by atoms with Gasteiger partial charge in [-0.2, -0.15) is 0 Å². The van der Waals surface area contributed by atoms with Gasteiger partial charge in [0.15, 0.2) is 42.6 Å². The Kier molecular flexibility index (Phi) is 20.2. The standard InChI is InChI=1S/C64H90N2O22/c1-29-14-19-45(84-51-28-62(11,66(76)77)57(37(9)82-51)65-61(75)78-13)30(2)23-42-43(69)24-39(16-15-33(5)67)27-64(42)59(73)52(60(74)88-64)58(72)63(12)41(29)18-17-40-53(63)31(3)22-32(4)55(40)87-50-26-47(56(36(8)81-50)83-38(10)68)86-48-21-20-46(34(6)79-48)85-49-25-44(70)54(71)35(7)80-49/h14-18,23-24,31-32,34-37,40-51,53-57,69-72H,19-22,25-28H2,1-13H3,(H,65,75)/b16-15+,29-14?,30-23?,58-52?/t31-,32-,34-,35-,36-,37+,40-,41-,42+,43-,44+,45-,46+,47+,48-,49+,50-,51-,53+,54-,55-,56-,57-,62-,63+,64-/m0/s1. The second-order valence-corrected chi connectivity index (χ2v) is 26.5. The van der Waals surface area contributed by atoms with Gasteiger partial charge in [0.2, 0.25) is 11.3 Å². The Labute approximate surface area is 513 Å². The normalized spacial score (nSPS) is 44.7. The SMILES string of the molecule is COC(=O)N[C@H]1[C@@H](C)O[C@@H](O[C@H]2CC=C(C)[C@@H]3C=C[C@@H]4[C@@H](O[C@H]5C[C@@H](O[C@H]6CC[C@@H](O[C@@H]7C[C@@H](O)[C@@H](O)[C@H](C)O7)[C@H](C)O6)[C@@H](OC(C)=O)[C@H](C)O5)[C@@H](C)C[C@H](C)[C@H]4[C@]3(C)C(O)=C3C(=O)O[C@]4(CC(/C=C/C(C)=O)=C[C@H](O)[C@H]4C=C2C)C3=O)C[C@]1(C)[N+](=O)[O-]. The molecule has 1 saturated carbocycles. The highest BCUT2D eigenvalue weighted by Crippen LogP contribution is 2.61. The smallest absolute Gasteiger partial charge is 0.407 e. The predicted molar refractivity (Wildman–Crippen MR) is 311 cm³/mol. The number of fused-ring (bicyclic) bond motifs is 4. The summed E-state index contributed by atoms with van der Waals surface area (Å²) >= 11 is 0. The van der Waals surface area contributed by atoms with Crippen LogP contribution in [0.4, 0.5) is 4.79 Å². The highest BCUT2D eigenvalue weighted by molar-refractivity contribution is 6.26. The Balaban J connectivity index is 1.05. The fraction of sp³-hybridized carbons (Fsp3) is 0.734. The van der Waals surface area contributed by atoms with Crippen molar-refractivity contribution >= 4 is 29.6 Å². The van der Waals surface area contributed by atoms with E-state index in [9.17, 15) is 49.7 Å². The quantitative estimate of drug-likeness (QED) is 0.0253. The average Bonchev–Trinajstić information content (AvgIpc) is 1.35. The van der Waals surface area contributed by atoms with Crippen LogP contribution in [0.25, 0.3) is 0 Å². The average molecular weight is 1240 g/mol. The topological polar surface area (TPSA) is 323 Å². The van der Waals surface area contributed by atoms with E-state index in [1.54, 1.807) is 33.8 Å². The minimum Gasteiger partial charge on any atom is -0.511 e. The van der Waals surface area contributed by atoms with Crippen molar-refractivity contribution in [2.45, 2.75) is 250 Å². The Hall–Kier alpha value is -5.25. The summed E-state index contributed by atoms with van der Waals surface area (Å²) in [5, 5.41) is 61.6. The second kappa shape index (κ2) is 26.5. The maximum Gasteiger partial charge on any atom is 0.407 e. The summed E-state index contributed by atoms with van der Waals surface area (Å²) < 4.78 is 68.9. The lowest BCUT2D eigenvalue weighted by Crippen LogP contribution is -2.65. The number of allylic oxidation sites excluding steroid dienone is 5. The third kappa shape index (κ3) is 13.1. The zero-order chi connectivity index (χ0) is 64.2. The molecule has 1 amide bonds. The number of nitrogens with one attached hydrogen (secondary N) is 1. The number of Topliss-reactive ketones (excluding diaryl/α,β-unsaturated/α-hetero) is 1. The number of methoxy groups -OCH3 is 1. The highest BCUT2D eigenvalue weighted by atomic mass is 16.7. The lowest BCUT2D eigenvalue weighted by Gasteiger charge is -2.56. The number of amides is 1. The number of aliphatic hydroxyl groups excluding tert-OH is 4. The van der Waals surface area contributed by atoms with Crippen LogP contribution in [0.2, 0.25) is 0 Å². The van der Waals surface area contributed by atoms with E-state index in [1.807, 2.05) is 32.9 Å². The van der Waals surface area contributed by atoms with Gasteiger partial charge in [0, 0.05) is 61.7 Å². The van der Waals surface area contributed by atoms with Crippen molar-refractivity contribution in [2.24, 2.45) is 40.9 Å². The maximum absolute atomic E-state index is 15.8. The molecule has 0 radical (unpaired) electrons. The lowest BCUT2D eigenvalue weighted by molar-refractivity contribution is -0.584. The van der Waals surface area contributed by atoms with Crippen LogP contribution in [0.1, 0.15) is 134 Å². The largest absolute Gasteiger partial charge is 0.511 e. The van der Waals surface area contributed by atoms with Crippen LogP contribution in [0.15, 0.2) is 70.6 Å². The van der Waals surface area contributed by atoms with Gasteiger partial charge in [-0.1, -0.05) is 62.8 Å². The minimum atomic E-state index is -2.14. The number of hydrogen-bond acceptors (Lipinski definition) is 22. The van der Waals surface area contributed by atoms with Gasteiger partial charge >= 0.3 is 18.0 Å². The molecule has 5 N–H and O–H groups in total. The number of ketones is 2. The molecule has 5 heterocycles. The predicted octanol–water partition coefficient (Wildman–Crippen LogP) is 6.40. The van der Waals surface area contributed by atoms with E-state index in [0.717, 1.165) is 12.7 Å². The Morgan fingerprint density at radius 1 is 0.784 bits per heavy atom. The number of esters is 2. The molecule has 24 nitrogen and oxygen atoms in total. The summed E-state index contributed by atoms with van der Waals surface area (Å²) in [4.78, 5) is 80.4. The first-order chi connectivity index (χ1) is 41.4. The van der Waals surface area contributed by atoms with Crippen LogP contribution in [0, 0.1) is 51.0 Å². The molecule has 9 aliphatic rings. The van der Waals surface area contributed by atoms with E-state index in [1.165, 1.54) is 39.0 Å². The van der Waals surface area contributed by atoms with Crippen LogP contribution in [-0.4, -0.2) is 178 Å². The summed E-state index contributed by atoms with van der Waals surface area (Å²) in [5.41, 5.74) is -4.43. The first kappa shape index (κ1) is 67.2. The van der Waals surface area contributed by atoms with Crippen molar-refractivity contribution in [1.82, 2.24) is 5.32 Å². The molecule has 488 valence electrons. The number of carbonyl (C=O) groups is 5. The van der Waals surface area contributed by atoms with Crippen LogP contribution in [0.5, 0.6) is 0 Å². The number of hydrogen-bond donors (Lipinski definition) is 5. The summed E-state index contributed by atoms with van der Waals surface area (Å²) in [6.45, 7) is 20.5. The first-order valence-corrected chi connectivity index (χ1v) is 31.0. The summed E-state index contributed by atoms with van der Waals surface area (Å²) in [6, 6.07) is -1.12. The molecule has 9 rings (SSSR count). The number of aliphatic hydroxyl groups is 4. The summed E-state index contributed by atoms with van der Waals surface area (Å²) in [5.74, 6) is -6.57. The summed E-state index contributed by atoms with van der Waals surface area (Å²) in [6.07, 6.45) is -1.34. The third-order valence-corrected chi connectivity index (χ3v) is 20.2. The summed E-state index contributed by atoms with van der Waals surface area (Å²) in [7, 11) is 1.15. The molecular weight excluding hydrogens is 1150 g/mol. The molecule has 0 unspecified atom stereocenters. The Morgan fingerprint density at radius 2 is 1.45 bits per heavy atom. The molecule has 1 spiro atoms. The minimum absolute atomic E-state index is 0.0964. The van der Waals surface area contributed by atoms with Crippen LogP contribution < -0.4 is 5.32 Å². The fourth-order valence-electron chi connectivity index (χ4n) is 15.8. The first-order valence-electron chi connectivity index (χ1n) is 31.0. The molecular formula is C64H90N2O22. The number of carbonyl (C=O) groups excluding carboxylic acids is 5. The van der Waals surface area contributed by atoms with Gasteiger partial charge in [0.1, 0.15) is 29.6 Å². The van der Waals surface area contributed by atoms with Crippen molar-refractivity contribution in [3.63, 3.8) is 0 Å². The molecule has 0 aromatic heterocycles. The molecule has 2 bridgehead atoms. The second-order valence-electron chi connectivity index (χ2n) is 26.5. The number of nitro groups is 1. The Morgan fingerprint density at radius 3 is 2.11 bits per heavy atom.